The van der Waals surface area contributed by atoms with E-state index < -0.39 is 11.6 Å². The molecule has 0 aliphatic rings. The van der Waals surface area contributed by atoms with Gasteiger partial charge in [-0.25, -0.2) is 18.2 Å². The lowest BCUT2D eigenvalue weighted by Gasteiger charge is -2.13. The molecule has 0 bridgehead atoms. The molecule has 0 aliphatic heterocycles. The average Bonchev–Trinajstić information content (AvgIpc) is 3.24. The summed E-state index contributed by atoms with van der Waals surface area (Å²) < 4.78 is 41.1. The first-order valence-electron chi connectivity index (χ1n) is 9.78. The highest BCUT2D eigenvalue weighted by atomic mass is 19.2. The molecular formula is C26H14F3N3. The molecule has 0 unspecified atom stereocenters. The van der Waals surface area contributed by atoms with E-state index in [0.29, 0.717) is 33.6 Å². The molecule has 32 heavy (non-hydrogen) atoms. The van der Waals surface area contributed by atoms with Crippen LogP contribution in [0.2, 0.25) is 0 Å². The van der Waals surface area contributed by atoms with Gasteiger partial charge in [0.2, 0.25) is 0 Å². The standard InChI is InChI=1S/C26H14F3N3/c27-17-8-5-15(6-9-17)25-12-19(16-7-10-22(28)23(29)11-16)20(13-30)26(32-25)21-14-31-24-4-2-1-3-18(21)24/h1-12,14,31H. The van der Waals surface area contributed by atoms with Crippen molar-refractivity contribution in [3.8, 4) is 39.7 Å². The van der Waals surface area contributed by atoms with Crippen molar-refractivity contribution in [2.45, 2.75) is 0 Å². The summed E-state index contributed by atoms with van der Waals surface area (Å²) in [6.45, 7) is 0. The largest absolute Gasteiger partial charge is 0.360 e. The second-order valence-corrected chi connectivity index (χ2v) is 7.27. The molecule has 0 amide bonds. The molecule has 154 valence electrons. The summed E-state index contributed by atoms with van der Waals surface area (Å²) in [5.41, 5.74) is 4.04. The molecule has 5 rings (SSSR count). The Kier molecular flexibility index (Phi) is 4.72. The Morgan fingerprint density at radius 1 is 0.781 bits per heavy atom. The van der Waals surface area contributed by atoms with E-state index in [0.717, 1.165) is 23.0 Å². The second kappa shape index (κ2) is 7.71. The van der Waals surface area contributed by atoms with Crippen molar-refractivity contribution in [2.24, 2.45) is 0 Å². The van der Waals surface area contributed by atoms with Crippen molar-refractivity contribution in [2.75, 3.05) is 0 Å². The maximum Gasteiger partial charge on any atom is 0.159 e. The summed E-state index contributed by atoms with van der Waals surface area (Å²) >= 11 is 0. The van der Waals surface area contributed by atoms with E-state index in [9.17, 15) is 18.4 Å². The SMILES string of the molecule is N#Cc1c(-c2ccc(F)c(F)c2)cc(-c2ccc(F)cc2)nc1-c1c[nH]c2ccccc12. The minimum atomic E-state index is -1.01. The van der Waals surface area contributed by atoms with Crippen molar-refractivity contribution in [1.82, 2.24) is 9.97 Å². The number of nitrogens with zero attached hydrogens (tertiary/aromatic N) is 2. The van der Waals surface area contributed by atoms with Crippen LogP contribution in [-0.2, 0) is 0 Å². The Bertz CT molecular complexity index is 1510. The van der Waals surface area contributed by atoms with Gasteiger partial charge < -0.3 is 4.98 Å². The number of halogens is 3. The molecule has 3 aromatic carbocycles. The van der Waals surface area contributed by atoms with Gasteiger partial charge in [0.15, 0.2) is 11.6 Å². The first-order chi connectivity index (χ1) is 15.5. The van der Waals surface area contributed by atoms with Crippen LogP contribution in [0.4, 0.5) is 13.2 Å². The number of nitrogens with one attached hydrogen (secondary N) is 1. The van der Waals surface area contributed by atoms with Gasteiger partial charge in [-0.15, -0.1) is 0 Å². The zero-order valence-corrected chi connectivity index (χ0v) is 16.5. The first kappa shape index (κ1) is 19.6. The number of aromatic nitrogens is 2. The number of pyridine rings is 1. The number of nitriles is 1. The van der Waals surface area contributed by atoms with Gasteiger partial charge in [-0.05, 0) is 54.1 Å². The molecule has 5 aromatic rings. The average molecular weight is 425 g/mol. The normalized spacial score (nSPS) is 10.9. The molecule has 0 radical (unpaired) electrons. The zero-order chi connectivity index (χ0) is 22.2. The van der Waals surface area contributed by atoms with E-state index in [1.165, 1.54) is 18.2 Å². The van der Waals surface area contributed by atoms with Gasteiger partial charge >= 0.3 is 0 Å². The van der Waals surface area contributed by atoms with Crippen LogP contribution >= 0.6 is 0 Å². The molecular weight excluding hydrogens is 411 g/mol. The Labute approximate surface area is 181 Å². The minimum Gasteiger partial charge on any atom is -0.360 e. The maximum absolute atomic E-state index is 14.0. The highest BCUT2D eigenvalue weighted by Gasteiger charge is 2.20. The fourth-order valence-electron chi connectivity index (χ4n) is 3.78. The van der Waals surface area contributed by atoms with Crippen LogP contribution in [0.15, 0.2) is 79.0 Å². The molecule has 0 saturated heterocycles. The smallest absolute Gasteiger partial charge is 0.159 e. The molecule has 0 fully saturated rings. The predicted molar refractivity (Wildman–Crippen MR) is 117 cm³/mol. The maximum atomic E-state index is 14.0. The molecule has 3 nitrogen and oxygen atoms in total. The Morgan fingerprint density at radius 3 is 2.28 bits per heavy atom. The van der Waals surface area contributed by atoms with Crippen LogP contribution in [-0.4, -0.2) is 9.97 Å². The van der Waals surface area contributed by atoms with E-state index in [1.54, 1.807) is 24.4 Å². The molecule has 2 aromatic heterocycles. The molecule has 0 atom stereocenters. The van der Waals surface area contributed by atoms with Gasteiger partial charge in [-0.3, -0.25) is 0 Å². The summed E-state index contributed by atoms with van der Waals surface area (Å²) in [5.74, 6) is -2.38. The van der Waals surface area contributed by atoms with Crippen LogP contribution in [0.25, 0.3) is 44.5 Å². The highest BCUT2D eigenvalue weighted by molar-refractivity contribution is 5.97. The summed E-state index contributed by atoms with van der Waals surface area (Å²) in [6, 6.07) is 20.7. The third kappa shape index (κ3) is 3.30. The van der Waals surface area contributed by atoms with Crippen LogP contribution in [0.1, 0.15) is 5.56 Å². The third-order valence-electron chi connectivity index (χ3n) is 5.35. The number of para-hydroxylation sites is 1. The molecule has 1 N–H and O–H groups in total. The van der Waals surface area contributed by atoms with Crippen LogP contribution < -0.4 is 0 Å². The summed E-state index contributed by atoms with van der Waals surface area (Å²) in [5, 5.41) is 10.9. The lowest BCUT2D eigenvalue weighted by atomic mass is 9.94. The number of hydrogen-bond acceptors (Lipinski definition) is 2. The number of aromatic amines is 1. The zero-order valence-electron chi connectivity index (χ0n) is 16.5. The third-order valence-corrected chi connectivity index (χ3v) is 5.35. The molecule has 2 heterocycles. The highest BCUT2D eigenvalue weighted by Crippen LogP contribution is 2.37. The van der Waals surface area contributed by atoms with Crippen molar-refractivity contribution >= 4 is 10.9 Å². The van der Waals surface area contributed by atoms with Gasteiger partial charge in [0.1, 0.15) is 11.9 Å². The fourth-order valence-corrected chi connectivity index (χ4v) is 3.78. The number of fused-ring (bicyclic) bond motifs is 1. The van der Waals surface area contributed by atoms with Crippen LogP contribution in [0.5, 0.6) is 0 Å². The topological polar surface area (TPSA) is 52.5 Å². The number of H-pyrrole nitrogens is 1. The molecule has 0 spiro atoms. The molecule has 0 saturated carbocycles. The summed E-state index contributed by atoms with van der Waals surface area (Å²) in [4.78, 5) is 7.90. The van der Waals surface area contributed by atoms with Crippen molar-refractivity contribution in [3.63, 3.8) is 0 Å². The molecule has 6 heteroatoms. The van der Waals surface area contributed by atoms with E-state index in [4.69, 9.17) is 4.98 Å². The number of hydrogen-bond donors (Lipinski definition) is 1. The van der Waals surface area contributed by atoms with Gasteiger partial charge in [0.25, 0.3) is 0 Å². The summed E-state index contributed by atoms with van der Waals surface area (Å²) in [7, 11) is 0. The Balaban J connectivity index is 1.84. The fraction of sp³-hybridized carbons (Fsp3) is 0. The van der Waals surface area contributed by atoms with E-state index in [1.807, 2.05) is 24.3 Å². The van der Waals surface area contributed by atoms with Crippen LogP contribution in [0, 0.1) is 28.8 Å². The lowest BCUT2D eigenvalue weighted by molar-refractivity contribution is 0.509. The van der Waals surface area contributed by atoms with Gasteiger partial charge in [0, 0.05) is 33.8 Å². The monoisotopic (exact) mass is 425 g/mol. The van der Waals surface area contributed by atoms with E-state index in [-0.39, 0.29) is 11.4 Å². The quantitative estimate of drug-likeness (QED) is 0.344. The van der Waals surface area contributed by atoms with E-state index in [2.05, 4.69) is 11.1 Å². The lowest BCUT2D eigenvalue weighted by Crippen LogP contribution is -1.97. The van der Waals surface area contributed by atoms with Crippen molar-refractivity contribution in [1.29, 1.82) is 5.26 Å². The Hall–Kier alpha value is -4.37. The van der Waals surface area contributed by atoms with E-state index >= 15 is 0 Å². The molecule has 0 aliphatic carbocycles. The number of rotatable bonds is 3. The van der Waals surface area contributed by atoms with Crippen LogP contribution in [0.3, 0.4) is 0 Å². The van der Waals surface area contributed by atoms with Crippen molar-refractivity contribution < 1.29 is 13.2 Å². The first-order valence-corrected chi connectivity index (χ1v) is 9.78. The summed E-state index contributed by atoms with van der Waals surface area (Å²) in [6.07, 6.45) is 1.76. The Morgan fingerprint density at radius 2 is 1.53 bits per heavy atom. The minimum absolute atomic E-state index is 0.228. The van der Waals surface area contributed by atoms with Gasteiger partial charge in [-0.1, -0.05) is 24.3 Å². The number of benzene rings is 3. The van der Waals surface area contributed by atoms with Gasteiger partial charge in [-0.2, -0.15) is 5.26 Å². The van der Waals surface area contributed by atoms with Gasteiger partial charge in [0.05, 0.1) is 17.0 Å². The van der Waals surface area contributed by atoms with Crippen molar-refractivity contribution in [3.05, 3.63) is 102 Å². The second-order valence-electron chi connectivity index (χ2n) is 7.27. The predicted octanol–water partition coefficient (Wildman–Crippen LogP) is 6.85.